The summed E-state index contributed by atoms with van der Waals surface area (Å²) in [5, 5.41) is 0. The van der Waals surface area contributed by atoms with E-state index in [4.69, 9.17) is 14.2 Å². The molecule has 0 fully saturated rings. The maximum absolute atomic E-state index is 12.9. The predicted octanol–water partition coefficient (Wildman–Crippen LogP) is 21.3. The van der Waals surface area contributed by atoms with E-state index < -0.39 is 6.10 Å². The van der Waals surface area contributed by atoms with Crippen LogP contribution in [0.1, 0.15) is 297 Å². The van der Waals surface area contributed by atoms with E-state index in [1.807, 2.05) is 0 Å². The van der Waals surface area contributed by atoms with Gasteiger partial charge < -0.3 is 14.2 Å². The summed E-state index contributed by atoms with van der Waals surface area (Å²) in [5.41, 5.74) is 0. The van der Waals surface area contributed by atoms with Gasteiger partial charge in [-0.05, 0) is 122 Å². The number of unbranched alkanes of at least 4 members (excludes halogenated alkanes) is 29. The van der Waals surface area contributed by atoms with Gasteiger partial charge >= 0.3 is 17.9 Å². The Morgan fingerprint density at radius 3 is 0.878 bits per heavy atom. The van der Waals surface area contributed by atoms with Gasteiger partial charge in [-0.1, -0.05) is 253 Å². The molecule has 0 bridgehead atoms. The third-order valence-corrected chi connectivity index (χ3v) is 13.3. The van der Waals surface area contributed by atoms with Crippen molar-refractivity contribution in [3.63, 3.8) is 0 Å². The second kappa shape index (κ2) is 61.9. The summed E-state index contributed by atoms with van der Waals surface area (Å²) in [6.45, 7) is 6.47. The molecule has 0 aliphatic carbocycles. The third-order valence-electron chi connectivity index (χ3n) is 13.3. The Labute approximate surface area is 457 Å². The zero-order valence-corrected chi connectivity index (χ0v) is 48.6. The van der Waals surface area contributed by atoms with Crippen LogP contribution in [-0.4, -0.2) is 37.2 Å². The van der Waals surface area contributed by atoms with Gasteiger partial charge in [-0.3, -0.25) is 14.4 Å². The standard InChI is InChI=1S/C68H116O6/c1-4-7-10-13-16-19-22-25-27-29-31-32-33-34-35-36-38-39-41-43-46-49-52-55-58-61-67(70)73-64-65(63-72-66(69)60-57-54-51-48-45-24-21-18-15-12-9-6-3)74-68(71)62-59-56-53-50-47-44-42-40-37-30-28-26-23-20-17-14-11-8-5-2/h8,11,17-18,20-22,25-26,28-29,31,37,40,44,47,65H,4-7,9-10,12-16,19,23-24,27,30,32-36,38-39,41-43,45-46,48-64H2,1-3H3/b11-8-,20-17-,21-18-,25-22-,28-26-,31-29-,40-37-,47-44-. The molecule has 0 radical (unpaired) electrons. The smallest absolute Gasteiger partial charge is 0.306 e. The lowest BCUT2D eigenvalue weighted by Crippen LogP contribution is -2.30. The van der Waals surface area contributed by atoms with E-state index in [0.717, 1.165) is 109 Å². The highest BCUT2D eigenvalue weighted by atomic mass is 16.6. The van der Waals surface area contributed by atoms with Crippen LogP contribution in [0.3, 0.4) is 0 Å². The fourth-order valence-electron chi connectivity index (χ4n) is 8.61. The average molecular weight is 1030 g/mol. The van der Waals surface area contributed by atoms with Crippen molar-refractivity contribution >= 4 is 17.9 Å². The van der Waals surface area contributed by atoms with Crippen LogP contribution in [0, 0.1) is 0 Å². The molecule has 0 aliphatic rings. The lowest BCUT2D eigenvalue weighted by atomic mass is 10.0. The highest BCUT2D eigenvalue weighted by molar-refractivity contribution is 5.71. The van der Waals surface area contributed by atoms with Gasteiger partial charge in [0.1, 0.15) is 13.2 Å². The first-order valence-electron chi connectivity index (χ1n) is 31.2. The van der Waals surface area contributed by atoms with Crippen LogP contribution in [0.2, 0.25) is 0 Å². The molecule has 0 spiro atoms. The molecule has 74 heavy (non-hydrogen) atoms. The van der Waals surface area contributed by atoms with Gasteiger partial charge in [-0.15, -0.1) is 0 Å². The maximum atomic E-state index is 12.9. The molecule has 0 aromatic carbocycles. The summed E-state index contributed by atoms with van der Waals surface area (Å²) < 4.78 is 16.9. The summed E-state index contributed by atoms with van der Waals surface area (Å²) in [6.07, 6.45) is 82.7. The summed E-state index contributed by atoms with van der Waals surface area (Å²) in [7, 11) is 0. The number of hydrogen-bond acceptors (Lipinski definition) is 6. The van der Waals surface area contributed by atoms with Crippen molar-refractivity contribution in [3.8, 4) is 0 Å². The van der Waals surface area contributed by atoms with E-state index in [0.29, 0.717) is 12.8 Å². The second-order valence-corrected chi connectivity index (χ2v) is 20.6. The summed E-state index contributed by atoms with van der Waals surface area (Å²) >= 11 is 0. The number of esters is 3. The lowest BCUT2D eigenvalue weighted by Gasteiger charge is -2.18. The summed E-state index contributed by atoms with van der Waals surface area (Å²) in [6, 6.07) is 0. The van der Waals surface area contributed by atoms with Crippen LogP contribution < -0.4 is 0 Å². The van der Waals surface area contributed by atoms with Gasteiger partial charge in [0, 0.05) is 19.3 Å². The maximum Gasteiger partial charge on any atom is 0.306 e. The van der Waals surface area contributed by atoms with Crippen LogP contribution >= 0.6 is 0 Å². The van der Waals surface area contributed by atoms with Gasteiger partial charge in [0.2, 0.25) is 0 Å². The molecule has 0 aromatic heterocycles. The molecule has 0 aliphatic heterocycles. The van der Waals surface area contributed by atoms with E-state index in [1.165, 1.54) is 148 Å². The van der Waals surface area contributed by atoms with Crippen LogP contribution in [0.4, 0.5) is 0 Å². The van der Waals surface area contributed by atoms with Crippen molar-refractivity contribution in [2.75, 3.05) is 13.2 Å². The molecule has 0 saturated heterocycles. The number of rotatable bonds is 56. The first-order valence-corrected chi connectivity index (χ1v) is 31.2. The van der Waals surface area contributed by atoms with Crippen LogP contribution in [0.15, 0.2) is 97.2 Å². The monoisotopic (exact) mass is 1030 g/mol. The molecule has 6 heteroatoms. The minimum atomic E-state index is -0.800. The number of allylic oxidation sites excluding steroid dienone is 16. The molecule has 0 aromatic rings. The van der Waals surface area contributed by atoms with Crippen molar-refractivity contribution in [2.24, 2.45) is 0 Å². The quantitative estimate of drug-likeness (QED) is 0.0261. The van der Waals surface area contributed by atoms with Crippen molar-refractivity contribution in [3.05, 3.63) is 97.2 Å². The number of ether oxygens (including phenoxy) is 3. The lowest BCUT2D eigenvalue weighted by molar-refractivity contribution is -0.167. The highest BCUT2D eigenvalue weighted by Crippen LogP contribution is 2.16. The van der Waals surface area contributed by atoms with Gasteiger partial charge in [-0.25, -0.2) is 0 Å². The van der Waals surface area contributed by atoms with E-state index in [9.17, 15) is 14.4 Å². The summed E-state index contributed by atoms with van der Waals surface area (Å²) in [5.74, 6) is -0.930. The molecular formula is C68H116O6. The van der Waals surface area contributed by atoms with Crippen molar-refractivity contribution in [1.29, 1.82) is 0 Å². The molecule has 0 rings (SSSR count). The van der Waals surface area contributed by atoms with Crippen LogP contribution in [0.25, 0.3) is 0 Å². The van der Waals surface area contributed by atoms with Crippen molar-refractivity contribution in [1.82, 2.24) is 0 Å². The molecular weight excluding hydrogens is 913 g/mol. The number of carbonyl (C=O) groups is 3. The van der Waals surface area contributed by atoms with Gasteiger partial charge in [0.15, 0.2) is 6.10 Å². The zero-order chi connectivity index (χ0) is 53.6. The Kier molecular flexibility index (Phi) is 58.8. The Bertz CT molecular complexity index is 1460. The molecule has 0 heterocycles. The summed E-state index contributed by atoms with van der Waals surface area (Å²) in [4.78, 5) is 38.2. The van der Waals surface area contributed by atoms with Crippen molar-refractivity contribution in [2.45, 2.75) is 303 Å². The number of carbonyl (C=O) groups excluding carboxylic acids is 3. The van der Waals surface area contributed by atoms with E-state index in [-0.39, 0.29) is 37.5 Å². The minimum absolute atomic E-state index is 0.0935. The van der Waals surface area contributed by atoms with E-state index in [1.54, 1.807) is 0 Å². The Morgan fingerprint density at radius 1 is 0.284 bits per heavy atom. The minimum Gasteiger partial charge on any atom is -0.462 e. The SMILES string of the molecule is CC/C=C\C/C=C\C/C=C\C/C=C\C/C=C\CCCCCC(=O)OC(COC(=O)CCCCCCC/C=C\CCCCC)COC(=O)CCCCCCCCCCCCCCC/C=C\C/C=C\CCCCCCC. The molecule has 0 N–H and O–H groups in total. The fourth-order valence-corrected chi connectivity index (χ4v) is 8.61. The normalized spacial score (nSPS) is 12.7. The largest absolute Gasteiger partial charge is 0.462 e. The molecule has 1 unspecified atom stereocenters. The molecule has 1 atom stereocenters. The van der Waals surface area contributed by atoms with E-state index in [2.05, 4.69) is 118 Å². The third kappa shape index (κ3) is 59.2. The first-order chi connectivity index (χ1) is 36.5. The molecule has 0 amide bonds. The van der Waals surface area contributed by atoms with Crippen molar-refractivity contribution < 1.29 is 28.6 Å². The highest BCUT2D eigenvalue weighted by Gasteiger charge is 2.19. The van der Waals surface area contributed by atoms with E-state index >= 15 is 0 Å². The molecule has 6 nitrogen and oxygen atoms in total. The average Bonchev–Trinajstić information content (AvgIpc) is 3.40. The van der Waals surface area contributed by atoms with Gasteiger partial charge in [0.25, 0.3) is 0 Å². The number of hydrogen-bond donors (Lipinski definition) is 0. The molecule has 424 valence electrons. The van der Waals surface area contributed by atoms with Crippen LogP contribution in [-0.2, 0) is 28.6 Å². The molecule has 0 saturated carbocycles. The zero-order valence-electron chi connectivity index (χ0n) is 48.6. The Balaban J connectivity index is 4.34. The topological polar surface area (TPSA) is 78.9 Å². The Hall–Kier alpha value is -3.67. The second-order valence-electron chi connectivity index (χ2n) is 20.6. The first kappa shape index (κ1) is 70.3. The van der Waals surface area contributed by atoms with Gasteiger partial charge in [-0.2, -0.15) is 0 Å². The fraction of sp³-hybridized carbons (Fsp3) is 0.721. The van der Waals surface area contributed by atoms with Gasteiger partial charge in [0.05, 0.1) is 0 Å². The predicted molar refractivity (Wildman–Crippen MR) is 320 cm³/mol. The van der Waals surface area contributed by atoms with Crippen LogP contribution in [0.5, 0.6) is 0 Å². The Morgan fingerprint density at radius 2 is 0.527 bits per heavy atom.